The average Bonchev–Trinajstić information content (AvgIpc) is 3.07. The molecular formula is C20H31FN4O2. The number of rotatable bonds is 12. The van der Waals surface area contributed by atoms with Crippen molar-refractivity contribution in [2.75, 3.05) is 46.6 Å². The Hall–Kier alpha value is -2.12. The molecule has 1 heterocycles. The fourth-order valence-electron chi connectivity index (χ4n) is 2.71. The highest BCUT2D eigenvalue weighted by Gasteiger charge is 2.05. The van der Waals surface area contributed by atoms with E-state index < -0.39 is 0 Å². The van der Waals surface area contributed by atoms with Gasteiger partial charge < -0.3 is 25.1 Å². The zero-order valence-electron chi connectivity index (χ0n) is 16.3. The lowest BCUT2D eigenvalue weighted by molar-refractivity contribution is 0.0487. The van der Waals surface area contributed by atoms with Crippen LogP contribution in [-0.2, 0) is 15.9 Å². The van der Waals surface area contributed by atoms with Gasteiger partial charge in [0.1, 0.15) is 5.82 Å². The van der Waals surface area contributed by atoms with Crippen LogP contribution in [-0.4, -0.2) is 57.5 Å². The first-order valence-electron chi connectivity index (χ1n) is 9.60. The summed E-state index contributed by atoms with van der Waals surface area (Å²) in [6, 6.07) is 4.82. The largest absolute Gasteiger partial charge is 0.379 e. The van der Waals surface area contributed by atoms with Crippen LogP contribution in [0.1, 0.15) is 25.3 Å². The zero-order chi connectivity index (χ0) is 19.3. The minimum Gasteiger partial charge on any atom is -0.379 e. The Kier molecular flexibility index (Phi) is 9.65. The summed E-state index contributed by atoms with van der Waals surface area (Å²) in [6.45, 7) is 6.22. The van der Waals surface area contributed by atoms with Crippen molar-refractivity contribution in [1.82, 2.24) is 15.6 Å². The van der Waals surface area contributed by atoms with Crippen LogP contribution < -0.4 is 10.6 Å². The first kappa shape index (κ1) is 21.2. The number of nitrogens with one attached hydrogen (secondary N) is 3. The Labute approximate surface area is 160 Å². The topological polar surface area (TPSA) is 70.7 Å². The predicted octanol–water partition coefficient (Wildman–Crippen LogP) is 2.85. The van der Waals surface area contributed by atoms with Crippen molar-refractivity contribution in [1.29, 1.82) is 0 Å². The van der Waals surface area contributed by atoms with Crippen LogP contribution in [0.15, 0.2) is 29.4 Å². The Morgan fingerprint density at radius 1 is 1.11 bits per heavy atom. The number of unbranched alkanes of at least 4 members (excludes halogenated alkanes) is 1. The lowest BCUT2D eigenvalue weighted by atomic mass is 10.1. The number of hydrogen-bond acceptors (Lipinski definition) is 3. The second-order valence-electron chi connectivity index (χ2n) is 6.26. The van der Waals surface area contributed by atoms with Gasteiger partial charge in [0.25, 0.3) is 0 Å². The van der Waals surface area contributed by atoms with Gasteiger partial charge in [0, 0.05) is 43.8 Å². The van der Waals surface area contributed by atoms with Crippen molar-refractivity contribution in [3.63, 3.8) is 0 Å². The molecule has 2 aromatic rings. The van der Waals surface area contributed by atoms with E-state index in [1.807, 2.05) is 12.3 Å². The molecule has 27 heavy (non-hydrogen) atoms. The van der Waals surface area contributed by atoms with Crippen molar-refractivity contribution < 1.29 is 13.9 Å². The number of guanidine groups is 1. The van der Waals surface area contributed by atoms with Gasteiger partial charge in [0.2, 0.25) is 0 Å². The summed E-state index contributed by atoms with van der Waals surface area (Å²) in [4.78, 5) is 7.32. The zero-order valence-corrected chi connectivity index (χ0v) is 16.3. The summed E-state index contributed by atoms with van der Waals surface area (Å²) in [5.41, 5.74) is 1.97. The standard InChI is InChI=1S/C20H31FN4O2/c1-3-4-10-26-12-13-27-11-9-24-20(22-2)23-8-7-16-15-25-19-14-17(21)5-6-18(16)19/h5-6,14-15,25H,3-4,7-13H2,1-2H3,(H2,22,23,24). The number of aliphatic imine (C=N–C) groups is 1. The van der Waals surface area contributed by atoms with E-state index in [9.17, 15) is 4.39 Å². The van der Waals surface area contributed by atoms with E-state index in [1.165, 1.54) is 12.1 Å². The molecule has 0 aliphatic carbocycles. The third kappa shape index (κ3) is 7.56. The smallest absolute Gasteiger partial charge is 0.191 e. The molecule has 1 aromatic carbocycles. The molecule has 2 rings (SSSR count). The van der Waals surface area contributed by atoms with Crippen LogP contribution >= 0.6 is 0 Å². The quantitative estimate of drug-likeness (QED) is 0.302. The summed E-state index contributed by atoms with van der Waals surface area (Å²) in [5.74, 6) is 0.511. The first-order valence-corrected chi connectivity index (χ1v) is 9.60. The SMILES string of the molecule is CCCCOCCOCCNC(=NC)NCCc1c[nH]c2cc(F)ccc12. The molecule has 0 amide bonds. The number of halogens is 1. The molecule has 0 aliphatic rings. The van der Waals surface area contributed by atoms with Gasteiger partial charge in [-0.15, -0.1) is 0 Å². The van der Waals surface area contributed by atoms with E-state index in [1.54, 1.807) is 7.05 Å². The third-order valence-corrected chi connectivity index (χ3v) is 4.19. The van der Waals surface area contributed by atoms with Crippen LogP contribution in [0, 0.1) is 5.82 Å². The Morgan fingerprint density at radius 2 is 1.89 bits per heavy atom. The molecule has 3 N–H and O–H groups in total. The molecule has 0 atom stereocenters. The van der Waals surface area contributed by atoms with Crippen LogP contribution in [0.3, 0.4) is 0 Å². The summed E-state index contributed by atoms with van der Waals surface area (Å²) in [7, 11) is 1.74. The number of aromatic amines is 1. The molecule has 150 valence electrons. The fraction of sp³-hybridized carbons (Fsp3) is 0.550. The molecule has 0 fully saturated rings. The molecule has 0 saturated heterocycles. The van der Waals surface area contributed by atoms with Crippen LogP contribution in [0.4, 0.5) is 4.39 Å². The Bertz CT molecular complexity index is 702. The lowest BCUT2D eigenvalue weighted by Gasteiger charge is -2.12. The number of ether oxygens (including phenoxy) is 2. The van der Waals surface area contributed by atoms with Crippen molar-refractivity contribution >= 4 is 16.9 Å². The highest BCUT2D eigenvalue weighted by molar-refractivity contribution is 5.83. The summed E-state index contributed by atoms with van der Waals surface area (Å²) >= 11 is 0. The third-order valence-electron chi connectivity index (χ3n) is 4.19. The second kappa shape index (κ2) is 12.3. The molecule has 0 aliphatic heterocycles. The van der Waals surface area contributed by atoms with Crippen molar-refractivity contribution in [3.05, 3.63) is 35.8 Å². The number of benzene rings is 1. The normalized spacial score (nSPS) is 11.9. The maximum Gasteiger partial charge on any atom is 0.191 e. The number of hydrogen-bond donors (Lipinski definition) is 3. The van der Waals surface area contributed by atoms with E-state index in [2.05, 4.69) is 27.5 Å². The predicted molar refractivity (Wildman–Crippen MR) is 108 cm³/mol. The Morgan fingerprint density at radius 3 is 2.67 bits per heavy atom. The minimum absolute atomic E-state index is 0.228. The number of nitrogens with zero attached hydrogens (tertiary/aromatic N) is 1. The number of H-pyrrole nitrogens is 1. The van der Waals surface area contributed by atoms with Crippen LogP contribution in [0.5, 0.6) is 0 Å². The van der Waals surface area contributed by atoms with E-state index in [0.29, 0.717) is 26.4 Å². The van der Waals surface area contributed by atoms with Crippen LogP contribution in [0.25, 0.3) is 10.9 Å². The van der Waals surface area contributed by atoms with Gasteiger partial charge >= 0.3 is 0 Å². The van der Waals surface area contributed by atoms with Gasteiger partial charge in [-0.3, -0.25) is 4.99 Å². The van der Waals surface area contributed by atoms with E-state index in [4.69, 9.17) is 9.47 Å². The maximum absolute atomic E-state index is 13.2. The molecule has 0 bridgehead atoms. The van der Waals surface area contributed by atoms with E-state index >= 15 is 0 Å². The highest BCUT2D eigenvalue weighted by atomic mass is 19.1. The number of aromatic nitrogens is 1. The second-order valence-corrected chi connectivity index (χ2v) is 6.26. The van der Waals surface area contributed by atoms with Gasteiger partial charge in [0.05, 0.1) is 19.8 Å². The first-order chi connectivity index (χ1) is 13.2. The molecule has 7 heteroatoms. The molecule has 6 nitrogen and oxygen atoms in total. The summed E-state index contributed by atoms with van der Waals surface area (Å²) < 4.78 is 24.2. The lowest BCUT2D eigenvalue weighted by Crippen LogP contribution is -2.39. The molecule has 0 radical (unpaired) electrons. The molecule has 0 saturated carbocycles. The van der Waals surface area contributed by atoms with Crippen LogP contribution in [0.2, 0.25) is 0 Å². The maximum atomic E-state index is 13.2. The molecule has 0 spiro atoms. The Balaban J connectivity index is 1.59. The van der Waals surface area contributed by atoms with Gasteiger partial charge in [-0.2, -0.15) is 0 Å². The van der Waals surface area contributed by atoms with Gasteiger partial charge in [-0.25, -0.2) is 4.39 Å². The van der Waals surface area contributed by atoms with Crippen molar-refractivity contribution in [2.45, 2.75) is 26.2 Å². The highest BCUT2D eigenvalue weighted by Crippen LogP contribution is 2.19. The van der Waals surface area contributed by atoms with Gasteiger partial charge in [-0.1, -0.05) is 13.3 Å². The van der Waals surface area contributed by atoms with E-state index in [0.717, 1.165) is 54.8 Å². The molecule has 0 unspecified atom stereocenters. The molecule has 1 aromatic heterocycles. The molecular weight excluding hydrogens is 347 g/mol. The fourth-order valence-corrected chi connectivity index (χ4v) is 2.71. The van der Waals surface area contributed by atoms with Crippen molar-refractivity contribution in [2.24, 2.45) is 4.99 Å². The average molecular weight is 378 g/mol. The van der Waals surface area contributed by atoms with Gasteiger partial charge in [-0.05, 0) is 36.6 Å². The summed E-state index contributed by atoms with van der Waals surface area (Å²) in [5, 5.41) is 7.55. The van der Waals surface area contributed by atoms with Gasteiger partial charge in [0.15, 0.2) is 5.96 Å². The minimum atomic E-state index is -0.228. The monoisotopic (exact) mass is 378 g/mol. The van der Waals surface area contributed by atoms with Crippen molar-refractivity contribution in [3.8, 4) is 0 Å². The number of fused-ring (bicyclic) bond motifs is 1. The van der Waals surface area contributed by atoms with E-state index in [-0.39, 0.29) is 5.82 Å². The summed E-state index contributed by atoms with van der Waals surface area (Å²) in [6.07, 6.45) is 4.99.